The van der Waals surface area contributed by atoms with Crippen LogP contribution in [0.15, 0.2) is 12.2 Å². The normalized spacial score (nSPS) is 21.5. The third-order valence-electron chi connectivity index (χ3n) is 3.05. The van der Waals surface area contributed by atoms with Crippen molar-refractivity contribution in [2.45, 2.75) is 44.8 Å². The highest BCUT2D eigenvalue weighted by Gasteiger charge is 2.26. The Labute approximate surface area is 132 Å². The van der Waals surface area contributed by atoms with Crippen molar-refractivity contribution in [3.05, 3.63) is 12.2 Å². The number of aliphatic hydroxyl groups is 1. The number of hydrogen-bond acceptors (Lipinski definition) is 6. The van der Waals surface area contributed by atoms with E-state index in [1.165, 1.54) is 0 Å². The highest BCUT2D eigenvalue weighted by molar-refractivity contribution is 5.86. The van der Waals surface area contributed by atoms with Gasteiger partial charge in [0.1, 0.15) is 12.2 Å². The fourth-order valence-electron chi connectivity index (χ4n) is 1.51. The Balaban J connectivity index is 0.000000231. The highest BCUT2D eigenvalue weighted by atomic mass is 16.6. The van der Waals surface area contributed by atoms with Gasteiger partial charge in [-0.25, -0.2) is 4.79 Å². The summed E-state index contributed by atoms with van der Waals surface area (Å²) in [5.74, 6) is -0.317. The molecule has 6 heteroatoms. The minimum atomic E-state index is -0.317. The third kappa shape index (κ3) is 11.7. The zero-order chi connectivity index (χ0) is 16.2. The van der Waals surface area contributed by atoms with E-state index in [-0.39, 0.29) is 12.6 Å². The van der Waals surface area contributed by atoms with Crippen molar-refractivity contribution in [3.63, 3.8) is 0 Å². The van der Waals surface area contributed by atoms with E-state index in [0.717, 1.165) is 52.1 Å². The first-order valence-corrected chi connectivity index (χ1v) is 7.88. The summed E-state index contributed by atoms with van der Waals surface area (Å²) in [6.45, 7) is 9.07. The predicted molar refractivity (Wildman–Crippen MR) is 81.6 cm³/mol. The lowest BCUT2D eigenvalue weighted by molar-refractivity contribution is -0.139. The lowest BCUT2D eigenvalue weighted by Crippen LogP contribution is -2.06. The van der Waals surface area contributed by atoms with Crippen LogP contribution in [-0.2, 0) is 23.7 Å². The van der Waals surface area contributed by atoms with Gasteiger partial charge in [-0.05, 0) is 26.2 Å². The second-order valence-electron chi connectivity index (χ2n) is 5.50. The maximum Gasteiger partial charge on any atom is 0.333 e. The van der Waals surface area contributed by atoms with Crippen LogP contribution in [0.5, 0.6) is 0 Å². The van der Waals surface area contributed by atoms with Crippen molar-refractivity contribution in [2.75, 3.05) is 39.6 Å². The quantitative estimate of drug-likeness (QED) is 0.269. The van der Waals surface area contributed by atoms with Crippen LogP contribution in [0.25, 0.3) is 0 Å². The second-order valence-corrected chi connectivity index (χ2v) is 5.50. The average molecular weight is 316 g/mol. The molecule has 0 radical (unpaired) electrons. The molecular formula is C16H28O6. The molecule has 2 unspecified atom stereocenters. The summed E-state index contributed by atoms with van der Waals surface area (Å²) in [7, 11) is 0. The van der Waals surface area contributed by atoms with Crippen molar-refractivity contribution in [2.24, 2.45) is 0 Å². The molecule has 22 heavy (non-hydrogen) atoms. The van der Waals surface area contributed by atoms with Crippen LogP contribution in [0, 0.1) is 0 Å². The fourth-order valence-corrected chi connectivity index (χ4v) is 1.51. The van der Waals surface area contributed by atoms with Gasteiger partial charge >= 0.3 is 5.97 Å². The van der Waals surface area contributed by atoms with Crippen molar-refractivity contribution < 1.29 is 28.8 Å². The molecule has 1 N–H and O–H groups in total. The molecule has 2 fully saturated rings. The smallest absolute Gasteiger partial charge is 0.333 e. The molecule has 2 heterocycles. The standard InChI is InChI=1S/C10H18O3.C6H10O3/c1-9(2)10(12)13-8-6-4-3-5-7-11;1(5-3-8-5)7-2-6-4-9-6/h11H,1,3-8H2,2H3;5-6H,1-4H2. The topological polar surface area (TPSA) is 80.8 Å². The van der Waals surface area contributed by atoms with E-state index in [9.17, 15) is 4.79 Å². The average Bonchev–Trinajstić information content (AvgIpc) is 3.37. The van der Waals surface area contributed by atoms with Gasteiger partial charge in [-0.3, -0.25) is 0 Å². The number of rotatable bonds is 11. The zero-order valence-electron chi connectivity index (χ0n) is 13.4. The molecule has 0 aromatic rings. The Kier molecular flexibility index (Phi) is 10.1. The van der Waals surface area contributed by atoms with Crippen molar-refractivity contribution >= 4 is 5.97 Å². The zero-order valence-corrected chi connectivity index (χ0v) is 13.4. The van der Waals surface area contributed by atoms with E-state index >= 15 is 0 Å². The van der Waals surface area contributed by atoms with Crippen molar-refractivity contribution in [1.82, 2.24) is 0 Å². The Bertz CT molecular complexity index is 311. The van der Waals surface area contributed by atoms with E-state index in [2.05, 4.69) is 6.58 Å². The first-order chi connectivity index (χ1) is 10.6. The summed E-state index contributed by atoms with van der Waals surface area (Å²) in [4.78, 5) is 10.9. The molecule has 0 bridgehead atoms. The summed E-state index contributed by atoms with van der Waals surface area (Å²) in [6.07, 6.45) is 4.45. The molecule has 6 nitrogen and oxygen atoms in total. The van der Waals surface area contributed by atoms with Crippen molar-refractivity contribution in [1.29, 1.82) is 0 Å². The van der Waals surface area contributed by atoms with Gasteiger partial charge in [-0.2, -0.15) is 0 Å². The maximum atomic E-state index is 10.9. The van der Waals surface area contributed by atoms with Crippen LogP contribution in [0.2, 0.25) is 0 Å². The van der Waals surface area contributed by atoms with Crippen molar-refractivity contribution in [3.8, 4) is 0 Å². The fraction of sp³-hybridized carbons (Fsp3) is 0.812. The number of esters is 1. The minimum absolute atomic E-state index is 0.242. The summed E-state index contributed by atoms with van der Waals surface area (Å²) in [5.41, 5.74) is 0.440. The third-order valence-corrected chi connectivity index (χ3v) is 3.05. The van der Waals surface area contributed by atoms with E-state index in [0.29, 0.717) is 24.4 Å². The molecule has 2 atom stereocenters. The highest BCUT2D eigenvalue weighted by Crippen LogP contribution is 2.12. The van der Waals surface area contributed by atoms with Crippen LogP contribution < -0.4 is 0 Å². The lowest BCUT2D eigenvalue weighted by atomic mass is 10.2. The van der Waals surface area contributed by atoms with Gasteiger partial charge in [0.25, 0.3) is 0 Å². The number of carbonyl (C=O) groups is 1. The van der Waals surface area contributed by atoms with E-state index in [4.69, 9.17) is 24.1 Å². The van der Waals surface area contributed by atoms with Crippen LogP contribution >= 0.6 is 0 Å². The molecule has 2 aliphatic heterocycles. The number of hydrogen-bond donors (Lipinski definition) is 1. The lowest BCUT2D eigenvalue weighted by Gasteiger charge is -2.03. The largest absolute Gasteiger partial charge is 0.462 e. The molecule has 0 aromatic heterocycles. The van der Waals surface area contributed by atoms with E-state index in [1.54, 1.807) is 6.92 Å². The molecule has 2 rings (SSSR count). The number of ether oxygens (including phenoxy) is 4. The van der Waals surface area contributed by atoms with Gasteiger partial charge in [-0.15, -0.1) is 0 Å². The summed E-state index contributed by atoms with van der Waals surface area (Å²) < 4.78 is 20.0. The first-order valence-electron chi connectivity index (χ1n) is 7.88. The summed E-state index contributed by atoms with van der Waals surface area (Å²) in [6, 6.07) is 0. The molecular weight excluding hydrogens is 288 g/mol. The van der Waals surface area contributed by atoms with Crippen LogP contribution in [-0.4, -0.2) is 62.9 Å². The Hall–Kier alpha value is -0.950. The maximum absolute atomic E-state index is 10.9. The van der Waals surface area contributed by atoms with E-state index in [1.807, 2.05) is 0 Å². The van der Waals surface area contributed by atoms with Crippen LogP contribution in [0.4, 0.5) is 0 Å². The molecule has 2 aliphatic rings. The first kappa shape index (κ1) is 19.1. The molecule has 0 saturated carbocycles. The van der Waals surface area contributed by atoms with Gasteiger partial charge in [0.15, 0.2) is 0 Å². The van der Waals surface area contributed by atoms with Gasteiger partial charge in [0.2, 0.25) is 0 Å². The summed E-state index contributed by atoms with van der Waals surface area (Å²) >= 11 is 0. The van der Waals surface area contributed by atoms with Gasteiger partial charge < -0.3 is 24.1 Å². The van der Waals surface area contributed by atoms with E-state index < -0.39 is 0 Å². The van der Waals surface area contributed by atoms with Gasteiger partial charge in [0, 0.05) is 12.2 Å². The molecule has 0 spiro atoms. The molecule has 0 aromatic carbocycles. The Morgan fingerprint density at radius 2 is 1.68 bits per heavy atom. The van der Waals surface area contributed by atoms with Gasteiger partial charge in [0.05, 0.1) is 33.0 Å². The minimum Gasteiger partial charge on any atom is -0.462 e. The monoisotopic (exact) mass is 316 g/mol. The molecule has 128 valence electrons. The molecule has 2 saturated heterocycles. The number of carbonyl (C=O) groups excluding carboxylic acids is 1. The SMILES string of the molecule is C(OCC1CO1)C1CO1.C=C(C)C(=O)OCCCCCCO. The predicted octanol–water partition coefficient (Wildman–Crippen LogP) is 1.46. The molecule has 0 amide bonds. The summed E-state index contributed by atoms with van der Waals surface area (Å²) in [5, 5.41) is 8.49. The number of aliphatic hydroxyl groups excluding tert-OH is 1. The van der Waals surface area contributed by atoms with Crippen LogP contribution in [0.3, 0.4) is 0 Å². The van der Waals surface area contributed by atoms with Gasteiger partial charge in [-0.1, -0.05) is 13.0 Å². The second kappa shape index (κ2) is 11.6. The Morgan fingerprint density at radius 3 is 2.14 bits per heavy atom. The molecule has 0 aliphatic carbocycles. The number of epoxide rings is 2. The number of unbranched alkanes of at least 4 members (excludes halogenated alkanes) is 3. The Morgan fingerprint density at radius 1 is 1.14 bits per heavy atom. The van der Waals surface area contributed by atoms with Crippen LogP contribution in [0.1, 0.15) is 32.6 Å².